The summed E-state index contributed by atoms with van der Waals surface area (Å²) in [4.78, 5) is 12.3. The average Bonchev–Trinajstić information content (AvgIpc) is 2.98. The van der Waals surface area contributed by atoms with E-state index in [2.05, 4.69) is 45.3 Å². The molecule has 2 aromatic rings. The summed E-state index contributed by atoms with van der Waals surface area (Å²) in [5, 5.41) is 12.0. The Kier molecular flexibility index (Phi) is 6.24. The van der Waals surface area contributed by atoms with E-state index >= 15 is 0 Å². The lowest BCUT2D eigenvalue weighted by molar-refractivity contribution is -0.120. The minimum Gasteiger partial charge on any atom is -0.352 e. The molecular weight excluding hydrogens is 414 g/mol. The first-order valence-electron chi connectivity index (χ1n) is 8.85. The lowest BCUT2D eigenvalue weighted by atomic mass is 9.78. The summed E-state index contributed by atoms with van der Waals surface area (Å²) in [5.74, 6) is 8.16. The van der Waals surface area contributed by atoms with E-state index in [9.17, 15) is 4.79 Å². The molecule has 26 heavy (non-hydrogen) atoms. The zero-order chi connectivity index (χ0) is 18.7. The van der Waals surface area contributed by atoms with Crippen LogP contribution in [0.5, 0.6) is 0 Å². The maximum Gasteiger partial charge on any atom is 0.230 e. The Morgan fingerprint density at radius 3 is 2.88 bits per heavy atom. The molecule has 1 aliphatic rings. The summed E-state index contributed by atoms with van der Waals surface area (Å²) in [7, 11) is 0. The van der Waals surface area contributed by atoms with Crippen LogP contribution in [0.1, 0.15) is 33.1 Å². The molecule has 1 aromatic heterocycles. The van der Waals surface area contributed by atoms with Gasteiger partial charge in [-0.2, -0.15) is 0 Å². The van der Waals surface area contributed by atoms with Crippen LogP contribution in [-0.4, -0.2) is 32.6 Å². The highest BCUT2D eigenvalue weighted by atomic mass is 79.9. The van der Waals surface area contributed by atoms with Crippen molar-refractivity contribution in [1.29, 1.82) is 0 Å². The Labute approximate surface area is 166 Å². The van der Waals surface area contributed by atoms with Crippen LogP contribution in [0.15, 0.2) is 33.9 Å². The number of amides is 1. The summed E-state index contributed by atoms with van der Waals surface area (Å²) < 4.78 is 2.33. The minimum atomic E-state index is 0.0198. The van der Waals surface area contributed by atoms with Crippen molar-refractivity contribution in [1.82, 2.24) is 20.2 Å². The fraction of sp³-hybridized carbons (Fsp3) is 0.500. The summed E-state index contributed by atoms with van der Waals surface area (Å²) in [6, 6.07) is 7.96. The van der Waals surface area contributed by atoms with Crippen molar-refractivity contribution in [3.05, 3.63) is 28.7 Å². The van der Waals surface area contributed by atoms with Gasteiger partial charge in [0.2, 0.25) is 11.1 Å². The van der Waals surface area contributed by atoms with Crippen LogP contribution in [0.3, 0.4) is 0 Å². The lowest BCUT2D eigenvalue weighted by Crippen LogP contribution is -2.44. The molecule has 1 fully saturated rings. The summed E-state index contributed by atoms with van der Waals surface area (Å²) >= 11 is 4.80. The molecule has 0 radical (unpaired) electrons. The molecule has 3 unspecified atom stereocenters. The predicted molar refractivity (Wildman–Crippen MR) is 108 cm³/mol. The van der Waals surface area contributed by atoms with E-state index in [-0.39, 0.29) is 17.7 Å². The van der Waals surface area contributed by atoms with E-state index in [1.807, 2.05) is 24.3 Å². The summed E-state index contributed by atoms with van der Waals surface area (Å²) in [5.41, 5.74) is 0.865. The molecule has 1 heterocycles. The molecule has 3 atom stereocenters. The maximum atomic E-state index is 12.3. The first-order valence-corrected chi connectivity index (χ1v) is 10.6. The van der Waals surface area contributed by atoms with Crippen molar-refractivity contribution in [2.24, 2.45) is 11.8 Å². The number of carbonyl (C=O) groups excluding carboxylic acids is 1. The molecule has 1 saturated carbocycles. The third-order valence-electron chi connectivity index (χ3n) is 5.16. The van der Waals surface area contributed by atoms with Crippen molar-refractivity contribution in [2.45, 2.75) is 44.3 Å². The van der Waals surface area contributed by atoms with E-state index in [0.29, 0.717) is 22.8 Å². The van der Waals surface area contributed by atoms with E-state index in [1.54, 1.807) is 0 Å². The number of nitrogen functional groups attached to an aromatic ring is 1. The monoisotopic (exact) mass is 437 g/mol. The van der Waals surface area contributed by atoms with Gasteiger partial charge >= 0.3 is 0 Å². The molecule has 0 spiro atoms. The van der Waals surface area contributed by atoms with E-state index in [4.69, 9.17) is 5.84 Å². The molecule has 0 saturated heterocycles. The van der Waals surface area contributed by atoms with Crippen LogP contribution >= 0.6 is 27.7 Å². The molecule has 8 heteroatoms. The Hall–Kier alpha value is -1.54. The zero-order valence-corrected chi connectivity index (χ0v) is 17.4. The Bertz CT molecular complexity index is 781. The van der Waals surface area contributed by atoms with Gasteiger partial charge in [0.1, 0.15) is 0 Å². The van der Waals surface area contributed by atoms with Crippen LogP contribution in [0, 0.1) is 11.8 Å². The van der Waals surface area contributed by atoms with Gasteiger partial charge in [-0.05, 0) is 30.4 Å². The normalized spacial score (nSPS) is 23.0. The molecule has 1 amide bonds. The van der Waals surface area contributed by atoms with Crippen LogP contribution in [0.2, 0.25) is 0 Å². The quantitative estimate of drug-likeness (QED) is 0.552. The number of rotatable bonds is 5. The zero-order valence-electron chi connectivity index (χ0n) is 15.0. The number of nitrogens with two attached hydrogens (primary N) is 1. The van der Waals surface area contributed by atoms with Gasteiger partial charge in [0.15, 0.2) is 5.82 Å². The van der Waals surface area contributed by atoms with Crippen LogP contribution in [0.4, 0.5) is 0 Å². The fourth-order valence-corrected chi connectivity index (χ4v) is 4.50. The predicted octanol–water partition coefficient (Wildman–Crippen LogP) is 3.45. The van der Waals surface area contributed by atoms with Crippen molar-refractivity contribution >= 4 is 33.6 Å². The maximum absolute atomic E-state index is 12.3. The smallest absolute Gasteiger partial charge is 0.230 e. The topological polar surface area (TPSA) is 85.8 Å². The average molecular weight is 438 g/mol. The van der Waals surface area contributed by atoms with Crippen molar-refractivity contribution in [3.63, 3.8) is 0 Å². The van der Waals surface area contributed by atoms with Crippen LogP contribution < -0.4 is 11.2 Å². The van der Waals surface area contributed by atoms with Gasteiger partial charge in [0, 0.05) is 16.1 Å². The molecule has 0 aliphatic heterocycles. The second-order valence-corrected chi connectivity index (χ2v) is 8.68. The number of nitrogens with zero attached hydrogens (tertiary/aromatic N) is 3. The number of hydrogen-bond donors (Lipinski definition) is 2. The Balaban J connectivity index is 1.60. The fourth-order valence-electron chi connectivity index (χ4n) is 3.37. The molecule has 3 rings (SSSR count). The Morgan fingerprint density at radius 1 is 1.35 bits per heavy atom. The van der Waals surface area contributed by atoms with Crippen molar-refractivity contribution in [2.75, 3.05) is 11.6 Å². The summed E-state index contributed by atoms with van der Waals surface area (Å²) in [6.45, 7) is 4.49. The van der Waals surface area contributed by atoms with Gasteiger partial charge in [0.25, 0.3) is 0 Å². The van der Waals surface area contributed by atoms with Crippen molar-refractivity contribution in [3.8, 4) is 11.4 Å². The van der Waals surface area contributed by atoms with E-state index in [0.717, 1.165) is 16.5 Å². The van der Waals surface area contributed by atoms with Gasteiger partial charge in [0.05, 0.1) is 5.75 Å². The highest BCUT2D eigenvalue weighted by molar-refractivity contribution is 9.10. The number of thioether (sulfide) groups is 1. The van der Waals surface area contributed by atoms with E-state index in [1.165, 1.54) is 29.3 Å². The number of nitrogens with one attached hydrogen (secondary N) is 1. The Morgan fingerprint density at radius 2 is 2.12 bits per heavy atom. The van der Waals surface area contributed by atoms with Gasteiger partial charge in [-0.15, -0.1) is 10.2 Å². The second-order valence-electron chi connectivity index (χ2n) is 6.89. The SMILES string of the molecule is CC1CCCC(NC(=O)CSc2nnc(-c3ccccc3Br)n2N)C1C. The highest BCUT2D eigenvalue weighted by Crippen LogP contribution is 2.30. The molecule has 0 bridgehead atoms. The number of carbonyl (C=O) groups is 1. The van der Waals surface area contributed by atoms with Gasteiger partial charge in [-0.25, -0.2) is 4.68 Å². The molecular formula is C18H24BrN5OS. The number of halogens is 1. The molecule has 1 aliphatic carbocycles. The number of hydrogen-bond acceptors (Lipinski definition) is 5. The number of aromatic nitrogens is 3. The first-order chi connectivity index (χ1) is 12.5. The standard InChI is InChI=1S/C18H24BrN5OS/c1-11-6-5-9-15(12(11)2)21-16(25)10-26-18-23-22-17(24(18)20)13-7-3-4-8-14(13)19/h3-4,7-8,11-12,15H,5-6,9-10,20H2,1-2H3,(H,21,25). The largest absolute Gasteiger partial charge is 0.352 e. The molecule has 6 nitrogen and oxygen atoms in total. The molecule has 1 aromatic carbocycles. The third-order valence-corrected chi connectivity index (χ3v) is 6.80. The van der Waals surface area contributed by atoms with E-state index < -0.39 is 0 Å². The van der Waals surface area contributed by atoms with Crippen molar-refractivity contribution < 1.29 is 4.79 Å². The number of benzene rings is 1. The van der Waals surface area contributed by atoms with Crippen LogP contribution in [-0.2, 0) is 4.79 Å². The molecule has 3 N–H and O–H groups in total. The van der Waals surface area contributed by atoms with Gasteiger partial charge in [-0.3, -0.25) is 4.79 Å². The second kappa shape index (κ2) is 8.43. The highest BCUT2D eigenvalue weighted by Gasteiger charge is 2.28. The first kappa shape index (κ1) is 19.2. The van der Waals surface area contributed by atoms with Gasteiger partial charge < -0.3 is 11.2 Å². The minimum absolute atomic E-state index is 0.0198. The third kappa shape index (κ3) is 4.23. The lowest BCUT2D eigenvalue weighted by Gasteiger charge is -2.34. The van der Waals surface area contributed by atoms with Gasteiger partial charge in [-0.1, -0.05) is 66.5 Å². The van der Waals surface area contributed by atoms with Crippen LogP contribution in [0.25, 0.3) is 11.4 Å². The summed E-state index contributed by atoms with van der Waals surface area (Å²) in [6.07, 6.45) is 3.48. The molecule has 140 valence electrons.